The quantitative estimate of drug-likeness (QED) is 0.432. The minimum absolute atomic E-state index is 0.123. The molecule has 32 heavy (non-hydrogen) atoms. The van der Waals surface area contributed by atoms with Gasteiger partial charge in [-0.05, 0) is 54.6 Å². The van der Waals surface area contributed by atoms with Crippen molar-refractivity contribution in [2.45, 2.75) is 5.16 Å². The van der Waals surface area contributed by atoms with E-state index in [0.717, 1.165) is 43.4 Å². The molecule has 1 aliphatic rings. The number of anilines is 3. The molecule has 0 bridgehead atoms. The zero-order valence-electron chi connectivity index (χ0n) is 17.7. The number of nitrogens with zero attached hydrogens (tertiary/aromatic N) is 4. The van der Waals surface area contributed by atoms with E-state index in [-0.39, 0.29) is 17.5 Å². The largest absolute Gasteiger partial charge is 0.497 e. The minimum Gasteiger partial charge on any atom is -0.497 e. The Morgan fingerprint density at radius 1 is 1.03 bits per heavy atom. The molecule has 9 heteroatoms. The lowest BCUT2D eigenvalue weighted by atomic mass is 10.2. The van der Waals surface area contributed by atoms with Gasteiger partial charge in [0.1, 0.15) is 17.4 Å². The van der Waals surface area contributed by atoms with E-state index in [4.69, 9.17) is 4.74 Å². The Balaban J connectivity index is 1.28. The van der Waals surface area contributed by atoms with Gasteiger partial charge in [0.05, 0.1) is 12.9 Å². The fraction of sp³-hybridized carbons (Fsp3) is 0.261. The van der Waals surface area contributed by atoms with Gasteiger partial charge in [0.15, 0.2) is 5.16 Å². The van der Waals surface area contributed by atoms with Crippen molar-refractivity contribution < 1.29 is 13.9 Å². The second-order valence-electron chi connectivity index (χ2n) is 7.21. The maximum atomic E-state index is 13.2. The molecule has 0 atom stereocenters. The number of benzene rings is 2. The molecule has 2 heterocycles. The number of carbonyl (C=O) groups is 1. The highest BCUT2D eigenvalue weighted by molar-refractivity contribution is 7.99. The summed E-state index contributed by atoms with van der Waals surface area (Å²) in [6, 6.07) is 15.7. The zero-order valence-corrected chi connectivity index (χ0v) is 18.5. The summed E-state index contributed by atoms with van der Waals surface area (Å²) in [7, 11) is 1.60. The monoisotopic (exact) mass is 453 g/mol. The summed E-state index contributed by atoms with van der Waals surface area (Å²) in [6.07, 6.45) is 1.72. The lowest BCUT2D eigenvalue weighted by Gasteiger charge is -2.36. The van der Waals surface area contributed by atoms with E-state index in [2.05, 4.69) is 25.1 Å². The lowest BCUT2D eigenvalue weighted by Crippen LogP contribution is -2.46. The van der Waals surface area contributed by atoms with E-state index in [1.807, 2.05) is 6.07 Å². The number of carbonyl (C=O) groups excluding carboxylic acids is 1. The molecule has 1 amide bonds. The first-order valence-corrected chi connectivity index (χ1v) is 11.2. The van der Waals surface area contributed by atoms with Crippen molar-refractivity contribution in [2.75, 3.05) is 54.2 Å². The van der Waals surface area contributed by atoms with Gasteiger partial charge in [-0.25, -0.2) is 14.4 Å². The van der Waals surface area contributed by atoms with E-state index in [1.165, 1.54) is 23.9 Å². The van der Waals surface area contributed by atoms with E-state index >= 15 is 0 Å². The van der Waals surface area contributed by atoms with Crippen LogP contribution in [0.1, 0.15) is 0 Å². The summed E-state index contributed by atoms with van der Waals surface area (Å²) in [6.45, 7) is 3.25. The molecule has 0 radical (unpaired) electrons. The smallest absolute Gasteiger partial charge is 0.234 e. The van der Waals surface area contributed by atoms with Gasteiger partial charge in [-0.1, -0.05) is 11.8 Å². The number of methoxy groups -OCH3 is 1. The van der Waals surface area contributed by atoms with E-state index in [9.17, 15) is 9.18 Å². The van der Waals surface area contributed by atoms with Gasteiger partial charge in [0.25, 0.3) is 0 Å². The van der Waals surface area contributed by atoms with Crippen LogP contribution in [0.5, 0.6) is 5.75 Å². The van der Waals surface area contributed by atoms with E-state index in [0.29, 0.717) is 10.8 Å². The molecule has 1 N–H and O–H groups in total. The molecule has 0 aliphatic carbocycles. The second kappa shape index (κ2) is 10.3. The average Bonchev–Trinajstić information content (AvgIpc) is 2.84. The molecular formula is C23H24FN5O2S. The molecule has 1 aromatic heterocycles. The third kappa shape index (κ3) is 5.67. The molecule has 0 saturated carbocycles. The van der Waals surface area contributed by atoms with Gasteiger partial charge in [-0.2, -0.15) is 0 Å². The van der Waals surface area contributed by atoms with Gasteiger partial charge >= 0.3 is 0 Å². The van der Waals surface area contributed by atoms with Crippen LogP contribution in [0.25, 0.3) is 0 Å². The minimum atomic E-state index is -0.226. The lowest BCUT2D eigenvalue weighted by molar-refractivity contribution is -0.113. The molecule has 7 nitrogen and oxygen atoms in total. The SMILES string of the molecule is COc1ccc(NC(=O)CSc2nccc(N3CCN(c4ccc(F)cc4)CC3)n2)cc1. The van der Waals surface area contributed by atoms with Crippen molar-refractivity contribution in [3.8, 4) is 5.75 Å². The van der Waals surface area contributed by atoms with Crippen LogP contribution in [0, 0.1) is 5.82 Å². The molecule has 1 saturated heterocycles. The van der Waals surface area contributed by atoms with Gasteiger partial charge < -0.3 is 19.9 Å². The topological polar surface area (TPSA) is 70.6 Å². The van der Waals surface area contributed by atoms with Crippen LogP contribution in [-0.2, 0) is 4.79 Å². The number of aromatic nitrogens is 2. The highest BCUT2D eigenvalue weighted by atomic mass is 32.2. The van der Waals surface area contributed by atoms with Crippen LogP contribution in [0.3, 0.4) is 0 Å². The van der Waals surface area contributed by atoms with Crippen molar-refractivity contribution in [3.05, 3.63) is 66.6 Å². The maximum Gasteiger partial charge on any atom is 0.234 e. The Bertz CT molecular complexity index is 1040. The number of amides is 1. The molecule has 1 fully saturated rings. The van der Waals surface area contributed by atoms with Crippen molar-refractivity contribution in [1.29, 1.82) is 0 Å². The Kier molecular flexibility index (Phi) is 7.06. The zero-order chi connectivity index (χ0) is 22.3. The van der Waals surface area contributed by atoms with Crippen LogP contribution < -0.4 is 19.9 Å². The standard InChI is InChI=1S/C23H24FN5O2S/c1-31-20-8-4-18(5-9-20)26-22(30)16-32-23-25-11-10-21(27-23)29-14-12-28(13-15-29)19-6-2-17(24)3-7-19/h2-11H,12-16H2,1H3,(H,26,30). The molecule has 3 aromatic rings. The number of halogens is 1. The van der Waals surface area contributed by atoms with Gasteiger partial charge in [-0.15, -0.1) is 0 Å². The van der Waals surface area contributed by atoms with Gasteiger partial charge in [-0.3, -0.25) is 4.79 Å². The highest BCUT2D eigenvalue weighted by Crippen LogP contribution is 2.22. The molecule has 166 valence electrons. The number of hydrogen-bond donors (Lipinski definition) is 1. The Hall–Kier alpha value is -3.33. The number of nitrogens with one attached hydrogen (secondary N) is 1. The normalized spacial score (nSPS) is 13.7. The van der Waals surface area contributed by atoms with Gasteiger partial charge in [0.2, 0.25) is 5.91 Å². The second-order valence-corrected chi connectivity index (χ2v) is 8.16. The Labute approximate surface area is 190 Å². The van der Waals surface area contributed by atoms with Crippen molar-refractivity contribution >= 4 is 34.9 Å². The van der Waals surface area contributed by atoms with Crippen LogP contribution in [0.15, 0.2) is 66.0 Å². The van der Waals surface area contributed by atoms with E-state index < -0.39 is 0 Å². The van der Waals surface area contributed by atoms with Crippen LogP contribution >= 0.6 is 11.8 Å². The summed E-state index contributed by atoms with van der Waals surface area (Å²) < 4.78 is 18.3. The highest BCUT2D eigenvalue weighted by Gasteiger charge is 2.19. The summed E-state index contributed by atoms with van der Waals surface area (Å²) in [5.74, 6) is 1.45. The predicted molar refractivity (Wildman–Crippen MR) is 125 cm³/mol. The molecule has 1 aliphatic heterocycles. The fourth-order valence-electron chi connectivity index (χ4n) is 3.42. The number of rotatable bonds is 7. The number of ether oxygens (including phenoxy) is 1. The molecule has 0 spiro atoms. The molecular weight excluding hydrogens is 429 g/mol. The Morgan fingerprint density at radius 3 is 2.41 bits per heavy atom. The van der Waals surface area contributed by atoms with Crippen LogP contribution in [0.2, 0.25) is 0 Å². The van der Waals surface area contributed by atoms with Crippen molar-refractivity contribution in [1.82, 2.24) is 9.97 Å². The van der Waals surface area contributed by atoms with Gasteiger partial charge in [0, 0.05) is 43.8 Å². The van der Waals surface area contributed by atoms with Crippen LogP contribution in [0.4, 0.5) is 21.6 Å². The Morgan fingerprint density at radius 2 is 1.72 bits per heavy atom. The number of thioether (sulfide) groups is 1. The first-order valence-electron chi connectivity index (χ1n) is 10.3. The maximum absolute atomic E-state index is 13.2. The number of hydrogen-bond acceptors (Lipinski definition) is 7. The fourth-order valence-corrected chi connectivity index (χ4v) is 4.05. The summed E-state index contributed by atoms with van der Waals surface area (Å²) in [5.41, 5.74) is 1.73. The third-order valence-electron chi connectivity index (χ3n) is 5.12. The molecule has 4 rings (SSSR count). The summed E-state index contributed by atoms with van der Waals surface area (Å²) >= 11 is 1.30. The predicted octanol–water partition coefficient (Wildman–Crippen LogP) is 3.68. The number of piperazine rings is 1. The first-order chi connectivity index (χ1) is 15.6. The summed E-state index contributed by atoms with van der Waals surface area (Å²) in [4.78, 5) is 25.6. The first kappa shape index (κ1) is 21.9. The summed E-state index contributed by atoms with van der Waals surface area (Å²) in [5, 5.41) is 3.42. The third-order valence-corrected chi connectivity index (χ3v) is 5.98. The van der Waals surface area contributed by atoms with Crippen LogP contribution in [-0.4, -0.2) is 54.9 Å². The van der Waals surface area contributed by atoms with Crippen molar-refractivity contribution in [2.24, 2.45) is 0 Å². The van der Waals surface area contributed by atoms with E-state index in [1.54, 1.807) is 49.7 Å². The van der Waals surface area contributed by atoms with Crippen molar-refractivity contribution in [3.63, 3.8) is 0 Å². The molecule has 2 aromatic carbocycles. The molecule has 0 unspecified atom stereocenters. The average molecular weight is 454 g/mol.